The zero-order chi connectivity index (χ0) is 21.5. The number of ether oxygens (including phenoxy) is 2. The molecule has 4 rings (SSSR count). The number of benzene rings is 1. The smallest absolute Gasteiger partial charge is 0.224 e. The largest absolute Gasteiger partial charge is 0.486 e. The first-order valence-corrected chi connectivity index (χ1v) is 11.0. The van der Waals surface area contributed by atoms with Gasteiger partial charge in [0, 0.05) is 44.2 Å². The fourth-order valence-corrected chi connectivity index (χ4v) is 4.05. The van der Waals surface area contributed by atoms with Gasteiger partial charge in [0.1, 0.15) is 25.9 Å². The molecule has 2 aromatic rings. The van der Waals surface area contributed by atoms with Crippen molar-refractivity contribution in [1.82, 2.24) is 19.7 Å². The van der Waals surface area contributed by atoms with E-state index in [2.05, 4.69) is 15.4 Å². The lowest BCUT2D eigenvalue weighted by Gasteiger charge is -2.32. The molecular formula is C22H29N5O4. The van der Waals surface area contributed by atoms with Gasteiger partial charge in [0.05, 0.1) is 0 Å². The van der Waals surface area contributed by atoms with E-state index >= 15 is 0 Å². The lowest BCUT2D eigenvalue weighted by Crippen LogP contribution is -2.38. The normalized spacial score (nSPS) is 16.2. The zero-order valence-corrected chi connectivity index (χ0v) is 17.7. The molecule has 0 radical (unpaired) electrons. The molecule has 1 aromatic heterocycles. The van der Waals surface area contributed by atoms with E-state index in [1.54, 1.807) is 17.1 Å². The van der Waals surface area contributed by atoms with Crippen molar-refractivity contribution in [2.75, 3.05) is 31.6 Å². The Hall–Kier alpha value is -3.10. The molecule has 0 saturated carbocycles. The van der Waals surface area contributed by atoms with Crippen molar-refractivity contribution in [3.05, 3.63) is 30.9 Å². The second-order valence-corrected chi connectivity index (χ2v) is 8.03. The molecule has 0 atom stereocenters. The number of rotatable bonds is 8. The van der Waals surface area contributed by atoms with Crippen molar-refractivity contribution in [2.45, 2.75) is 45.1 Å². The Morgan fingerprint density at radius 1 is 1.10 bits per heavy atom. The van der Waals surface area contributed by atoms with Gasteiger partial charge in [-0.3, -0.25) is 14.3 Å². The monoisotopic (exact) mass is 427 g/mol. The van der Waals surface area contributed by atoms with E-state index in [1.807, 2.05) is 17.0 Å². The van der Waals surface area contributed by atoms with Gasteiger partial charge in [0.15, 0.2) is 11.5 Å². The molecule has 0 spiro atoms. The molecule has 0 aliphatic carbocycles. The van der Waals surface area contributed by atoms with Crippen LogP contribution in [-0.4, -0.2) is 57.8 Å². The molecule has 2 aliphatic rings. The van der Waals surface area contributed by atoms with E-state index in [1.165, 1.54) is 6.33 Å². The molecule has 1 saturated heterocycles. The van der Waals surface area contributed by atoms with E-state index in [4.69, 9.17) is 9.47 Å². The number of aryl methyl sites for hydroxylation is 1. The van der Waals surface area contributed by atoms with Crippen LogP contribution in [0.25, 0.3) is 0 Å². The number of nitrogens with one attached hydrogen (secondary N) is 1. The molecular weight excluding hydrogens is 398 g/mol. The van der Waals surface area contributed by atoms with Gasteiger partial charge in [-0.1, -0.05) is 0 Å². The number of carbonyl (C=O) groups excluding carboxylic acids is 2. The lowest BCUT2D eigenvalue weighted by atomic mass is 9.92. The van der Waals surface area contributed by atoms with E-state index < -0.39 is 0 Å². The maximum absolute atomic E-state index is 12.4. The van der Waals surface area contributed by atoms with Crippen LogP contribution in [0, 0.1) is 5.92 Å². The summed E-state index contributed by atoms with van der Waals surface area (Å²) in [5, 5.41) is 6.99. The van der Waals surface area contributed by atoms with Gasteiger partial charge >= 0.3 is 0 Å². The first kappa shape index (κ1) is 21.1. The van der Waals surface area contributed by atoms with Gasteiger partial charge in [0.25, 0.3) is 0 Å². The van der Waals surface area contributed by atoms with E-state index in [-0.39, 0.29) is 11.8 Å². The second-order valence-electron chi connectivity index (χ2n) is 8.03. The van der Waals surface area contributed by atoms with Crippen molar-refractivity contribution in [1.29, 1.82) is 0 Å². The van der Waals surface area contributed by atoms with Crippen molar-refractivity contribution in [3.63, 3.8) is 0 Å². The summed E-state index contributed by atoms with van der Waals surface area (Å²) in [6, 6.07) is 5.46. The third kappa shape index (κ3) is 5.96. The van der Waals surface area contributed by atoms with E-state index in [9.17, 15) is 9.59 Å². The summed E-state index contributed by atoms with van der Waals surface area (Å²) in [4.78, 5) is 30.6. The minimum Gasteiger partial charge on any atom is -0.486 e. The highest BCUT2D eigenvalue weighted by molar-refractivity contribution is 5.91. The Kier molecular flexibility index (Phi) is 7.01. The number of piperidine rings is 1. The van der Waals surface area contributed by atoms with Gasteiger partial charge in [-0.05, 0) is 43.7 Å². The Labute approximate surface area is 181 Å². The van der Waals surface area contributed by atoms with Crippen LogP contribution in [0.1, 0.15) is 38.5 Å². The summed E-state index contributed by atoms with van der Waals surface area (Å²) in [6.45, 7) is 3.33. The summed E-state index contributed by atoms with van der Waals surface area (Å²) in [5.74, 6) is 2.06. The fourth-order valence-electron chi connectivity index (χ4n) is 4.05. The molecule has 0 unspecified atom stereocenters. The summed E-state index contributed by atoms with van der Waals surface area (Å²) in [7, 11) is 0. The fraction of sp³-hybridized carbons (Fsp3) is 0.545. The summed E-state index contributed by atoms with van der Waals surface area (Å²) in [6.07, 6.45) is 7.68. The Bertz CT molecular complexity index is 878. The van der Waals surface area contributed by atoms with Crippen LogP contribution in [0.5, 0.6) is 11.5 Å². The minimum absolute atomic E-state index is 0.00305. The van der Waals surface area contributed by atoms with Gasteiger partial charge in [0.2, 0.25) is 11.8 Å². The molecule has 1 fully saturated rings. The number of carbonyl (C=O) groups is 2. The van der Waals surface area contributed by atoms with Crippen molar-refractivity contribution in [3.8, 4) is 11.5 Å². The highest BCUT2D eigenvalue weighted by Gasteiger charge is 2.23. The average Bonchev–Trinajstić information content (AvgIpc) is 3.31. The van der Waals surface area contributed by atoms with Gasteiger partial charge in [-0.2, -0.15) is 5.10 Å². The van der Waals surface area contributed by atoms with Crippen LogP contribution < -0.4 is 14.8 Å². The highest BCUT2D eigenvalue weighted by Crippen LogP contribution is 2.32. The minimum atomic E-state index is 0.00305. The Morgan fingerprint density at radius 3 is 2.68 bits per heavy atom. The van der Waals surface area contributed by atoms with Crippen molar-refractivity contribution in [2.24, 2.45) is 5.92 Å². The number of nitrogens with zero attached hydrogens (tertiary/aromatic N) is 4. The molecule has 1 N–H and O–H groups in total. The SMILES string of the molecule is O=C(CCC1CCN(C(=O)CCCn2cncn2)CC1)Nc1ccc2c(c1)OCCO2. The molecule has 3 heterocycles. The maximum Gasteiger partial charge on any atom is 0.224 e. The molecule has 0 bridgehead atoms. The molecule has 166 valence electrons. The molecule has 1 aromatic carbocycles. The molecule has 2 amide bonds. The molecule has 9 nitrogen and oxygen atoms in total. The number of amides is 2. The van der Waals surface area contributed by atoms with Crippen molar-refractivity contribution >= 4 is 17.5 Å². The van der Waals surface area contributed by atoms with Crippen LogP contribution in [0.3, 0.4) is 0 Å². The lowest BCUT2D eigenvalue weighted by molar-refractivity contribution is -0.133. The molecule has 31 heavy (non-hydrogen) atoms. The standard InChI is InChI=1S/C22H29N5O4/c28-21(25-18-4-5-19-20(14-18)31-13-12-30-19)6-3-17-7-10-26(11-8-17)22(29)2-1-9-27-16-23-15-24-27/h4-5,14-17H,1-3,6-13H2,(H,25,28). The van der Waals surface area contributed by atoms with Gasteiger partial charge < -0.3 is 19.7 Å². The topological polar surface area (TPSA) is 98.6 Å². The highest BCUT2D eigenvalue weighted by atomic mass is 16.6. The predicted octanol–water partition coefficient (Wildman–Crippen LogP) is 2.49. The van der Waals surface area contributed by atoms with Gasteiger partial charge in [-0.15, -0.1) is 0 Å². The Morgan fingerprint density at radius 2 is 1.90 bits per heavy atom. The molecule has 9 heteroatoms. The molecule has 2 aliphatic heterocycles. The first-order valence-electron chi connectivity index (χ1n) is 11.0. The number of hydrogen-bond acceptors (Lipinski definition) is 6. The average molecular weight is 428 g/mol. The van der Waals surface area contributed by atoms with Crippen LogP contribution in [0.4, 0.5) is 5.69 Å². The van der Waals surface area contributed by atoms with Crippen LogP contribution in [0.15, 0.2) is 30.9 Å². The van der Waals surface area contributed by atoms with Crippen LogP contribution >= 0.6 is 0 Å². The zero-order valence-electron chi connectivity index (χ0n) is 17.7. The number of aromatic nitrogens is 3. The third-order valence-corrected chi connectivity index (χ3v) is 5.82. The number of likely N-dealkylation sites (tertiary alicyclic amines) is 1. The van der Waals surface area contributed by atoms with E-state index in [0.29, 0.717) is 50.0 Å². The summed E-state index contributed by atoms with van der Waals surface area (Å²) >= 11 is 0. The first-order chi connectivity index (χ1) is 15.2. The maximum atomic E-state index is 12.4. The number of hydrogen-bond donors (Lipinski definition) is 1. The summed E-state index contributed by atoms with van der Waals surface area (Å²) in [5.41, 5.74) is 0.723. The Balaban J connectivity index is 1.13. The third-order valence-electron chi connectivity index (χ3n) is 5.82. The number of anilines is 1. The van der Waals surface area contributed by atoms with Gasteiger partial charge in [-0.25, -0.2) is 4.98 Å². The quantitative estimate of drug-likeness (QED) is 0.695. The van der Waals surface area contributed by atoms with Crippen LogP contribution in [0.2, 0.25) is 0 Å². The van der Waals surface area contributed by atoms with Crippen molar-refractivity contribution < 1.29 is 19.1 Å². The number of fused-ring (bicyclic) bond motifs is 1. The second kappa shape index (κ2) is 10.3. The summed E-state index contributed by atoms with van der Waals surface area (Å²) < 4.78 is 12.8. The van der Waals surface area contributed by atoms with E-state index in [0.717, 1.165) is 44.5 Å². The van der Waals surface area contributed by atoms with Crippen LogP contribution in [-0.2, 0) is 16.1 Å². The predicted molar refractivity (Wildman–Crippen MR) is 114 cm³/mol.